The van der Waals surface area contributed by atoms with Gasteiger partial charge in [0.05, 0.1) is 21.4 Å². The maximum atomic E-state index is 13.9. The Balaban J connectivity index is 2.27. The van der Waals surface area contributed by atoms with Crippen LogP contribution in [-0.2, 0) is 16.6 Å². The van der Waals surface area contributed by atoms with Crippen LogP contribution in [0.1, 0.15) is 21.5 Å². The lowest BCUT2D eigenvalue weighted by molar-refractivity contribution is 0.1000. The van der Waals surface area contributed by atoms with Crippen LogP contribution >= 0.6 is 0 Å². The maximum Gasteiger partial charge on any atom is 0.248 e. The molecule has 0 saturated carbocycles. The number of nitrogens with two attached hydrogens (primary N) is 2. The number of hydrogen-bond acceptors (Lipinski definition) is 3. The molecule has 0 heterocycles. The molecule has 0 spiro atoms. The number of carbonyl (C=O) groups is 1. The molecule has 0 aliphatic carbocycles. The number of nitrogen functional groups attached to an aromatic ring is 1. The average Bonchev–Trinajstić information content (AvgIpc) is 2.43. The molecule has 0 aliphatic rings. The van der Waals surface area contributed by atoms with Crippen molar-refractivity contribution in [2.45, 2.75) is 17.6 Å². The van der Waals surface area contributed by atoms with E-state index < -0.39 is 22.5 Å². The summed E-state index contributed by atoms with van der Waals surface area (Å²) in [7, 11) is -1.47. The Morgan fingerprint density at radius 3 is 2.57 bits per heavy atom. The molecule has 0 saturated heterocycles. The standard InChI is InChI=1S/C15H15FN2O2S/c1-9-2-5-13(17)14(6-9)21(20)8-11-4-3-10(15(18)19)7-12(11)16/h2-7H,8,17H2,1H3,(H2,18,19). The highest BCUT2D eigenvalue weighted by Crippen LogP contribution is 2.22. The van der Waals surface area contributed by atoms with E-state index in [0.29, 0.717) is 10.6 Å². The number of halogens is 1. The molecule has 0 radical (unpaired) electrons. The van der Waals surface area contributed by atoms with Crippen LogP contribution in [0, 0.1) is 12.7 Å². The molecular formula is C15H15FN2O2S. The summed E-state index contributed by atoms with van der Waals surface area (Å²) in [5.74, 6) is -1.33. The highest BCUT2D eigenvalue weighted by Gasteiger charge is 2.13. The van der Waals surface area contributed by atoms with Gasteiger partial charge in [-0.1, -0.05) is 12.1 Å². The van der Waals surface area contributed by atoms with E-state index in [1.807, 2.05) is 13.0 Å². The smallest absolute Gasteiger partial charge is 0.248 e. The van der Waals surface area contributed by atoms with Crippen molar-refractivity contribution in [1.82, 2.24) is 0 Å². The summed E-state index contributed by atoms with van der Waals surface area (Å²) >= 11 is 0. The summed E-state index contributed by atoms with van der Waals surface area (Å²) in [4.78, 5) is 11.4. The van der Waals surface area contributed by atoms with E-state index in [9.17, 15) is 13.4 Å². The van der Waals surface area contributed by atoms with Crippen LogP contribution in [0.25, 0.3) is 0 Å². The van der Waals surface area contributed by atoms with Gasteiger partial charge in [0.15, 0.2) is 0 Å². The van der Waals surface area contributed by atoms with Gasteiger partial charge in [-0.3, -0.25) is 9.00 Å². The summed E-state index contributed by atoms with van der Waals surface area (Å²) in [5.41, 5.74) is 12.5. The number of carbonyl (C=O) groups excluding carboxylic acids is 1. The van der Waals surface area contributed by atoms with Crippen molar-refractivity contribution in [3.05, 3.63) is 58.9 Å². The minimum atomic E-state index is -1.47. The van der Waals surface area contributed by atoms with Crippen LogP contribution in [0.4, 0.5) is 10.1 Å². The minimum Gasteiger partial charge on any atom is -0.398 e. The Hall–Kier alpha value is -2.21. The van der Waals surface area contributed by atoms with Gasteiger partial charge in [-0.05, 0) is 36.8 Å². The average molecular weight is 306 g/mol. The predicted octanol–water partition coefficient (Wildman–Crippen LogP) is 2.12. The molecule has 6 heteroatoms. The van der Waals surface area contributed by atoms with E-state index in [2.05, 4.69) is 0 Å². The normalized spacial score (nSPS) is 12.1. The van der Waals surface area contributed by atoms with Crippen molar-refractivity contribution in [2.24, 2.45) is 5.73 Å². The lowest BCUT2D eigenvalue weighted by Gasteiger charge is -2.08. The zero-order valence-corrected chi connectivity index (χ0v) is 12.2. The van der Waals surface area contributed by atoms with E-state index in [0.717, 1.165) is 11.6 Å². The van der Waals surface area contributed by atoms with Crippen molar-refractivity contribution in [2.75, 3.05) is 5.73 Å². The number of rotatable bonds is 4. The first kappa shape index (κ1) is 15.2. The molecular weight excluding hydrogens is 291 g/mol. The van der Waals surface area contributed by atoms with Gasteiger partial charge >= 0.3 is 0 Å². The van der Waals surface area contributed by atoms with Crippen LogP contribution in [0.2, 0.25) is 0 Å². The van der Waals surface area contributed by atoms with E-state index >= 15 is 0 Å². The molecule has 2 rings (SSSR count). The molecule has 0 bridgehead atoms. The quantitative estimate of drug-likeness (QED) is 0.848. The molecule has 110 valence electrons. The summed E-state index contributed by atoms with van der Waals surface area (Å²) in [6.45, 7) is 1.86. The molecule has 0 aromatic heterocycles. The van der Waals surface area contributed by atoms with Gasteiger partial charge in [0.1, 0.15) is 5.82 Å². The van der Waals surface area contributed by atoms with Gasteiger partial charge in [0.25, 0.3) is 0 Å². The number of aryl methyl sites for hydroxylation is 1. The zero-order chi connectivity index (χ0) is 15.6. The van der Waals surface area contributed by atoms with E-state index in [1.165, 1.54) is 12.1 Å². The van der Waals surface area contributed by atoms with Gasteiger partial charge in [-0.25, -0.2) is 4.39 Å². The van der Waals surface area contributed by atoms with Crippen molar-refractivity contribution < 1.29 is 13.4 Å². The molecule has 4 N–H and O–H groups in total. The van der Waals surface area contributed by atoms with Crippen molar-refractivity contribution in [3.63, 3.8) is 0 Å². The summed E-state index contributed by atoms with van der Waals surface area (Å²) < 4.78 is 26.2. The van der Waals surface area contributed by atoms with Crippen LogP contribution in [0.5, 0.6) is 0 Å². The molecule has 0 fully saturated rings. The van der Waals surface area contributed by atoms with Gasteiger partial charge in [0, 0.05) is 16.8 Å². The first-order valence-electron chi connectivity index (χ1n) is 6.21. The molecule has 2 aromatic rings. The predicted molar refractivity (Wildman–Crippen MR) is 80.6 cm³/mol. The van der Waals surface area contributed by atoms with Gasteiger partial charge < -0.3 is 11.5 Å². The third-order valence-corrected chi connectivity index (χ3v) is 4.46. The number of hydrogen-bond donors (Lipinski definition) is 2. The lowest BCUT2D eigenvalue weighted by atomic mass is 10.1. The lowest BCUT2D eigenvalue weighted by Crippen LogP contribution is -2.12. The van der Waals surface area contributed by atoms with Crippen LogP contribution in [0.3, 0.4) is 0 Å². The topological polar surface area (TPSA) is 86.2 Å². The van der Waals surface area contributed by atoms with E-state index in [-0.39, 0.29) is 16.9 Å². The Labute approximate surface area is 124 Å². The van der Waals surface area contributed by atoms with E-state index in [4.69, 9.17) is 11.5 Å². The summed E-state index contributed by atoms with van der Waals surface area (Å²) in [6.07, 6.45) is 0. The van der Waals surface area contributed by atoms with Crippen molar-refractivity contribution in [1.29, 1.82) is 0 Å². The maximum absolute atomic E-state index is 13.9. The Morgan fingerprint density at radius 1 is 1.24 bits per heavy atom. The van der Waals surface area contributed by atoms with E-state index in [1.54, 1.807) is 12.1 Å². The Bertz CT molecular complexity index is 732. The Kier molecular flexibility index (Phi) is 4.37. The third-order valence-electron chi connectivity index (χ3n) is 3.04. The number of primary amides is 1. The zero-order valence-electron chi connectivity index (χ0n) is 11.4. The number of benzene rings is 2. The second kappa shape index (κ2) is 6.05. The first-order chi connectivity index (χ1) is 9.88. The highest BCUT2D eigenvalue weighted by atomic mass is 32.2. The molecule has 21 heavy (non-hydrogen) atoms. The molecule has 2 aromatic carbocycles. The van der Waals surface area contributed by atoms with Crippen molar-refractivity contribution >= 4 is 22.4 Å². The third kappa shape index (κ3) is 3.46. The highest BCUT2D eigenvalue weighted by molar-refractivity contribution is 7.84. The summed E-state index contributed by atoms with van der Waals surface area (Å²) in [5, 5.41) is 0. The largest absolute Gasteiger partial charge is 0.398 e. The second-order valence-electron chi connectivity index (χ2n) is 4.70. The van der Waals surface area contributed by atoms with Crippen LogP contribution in [0.15, 0.2) is 41.3 Å². The molecule has 1 amide bonds. The summed E-state index contributed by atoms with van der Waals surface area (Å²) in [6, 6.07) is 9.10. The minimum absolute atomic E-state index is 0.0153. The number of amides is 1. The van der Waals surface area contributed by atoms with Gasteiger partial charge in [-0.15, -0.1) is 0 Å². The van der Waals surface area contributed by atoms with Gasteiger partial charge in [0.2, 0.25) is 5.91 Å². The second-order valence-corrected chi connectivity index (χ2v) is 6.12. The fourth-order valence-corrected chi connectivity index (χ4v) is 3.20. The number of anilines is 1. The van der Waals surface area contributed by atoms with Crippen LogP contribution < -0.4 is 11.5 Å². The fraction of sp³-hybridized carbons (Fsp3) is 0.133. The monoisotopic (exact) mass is 306 g/mol. The van der Waals surface area contributed by atoms with Crippen LogP contribution in [-0.4, -0.2) is 10.1 Å². The SMILES string of the molecule is Cc1ccc(N)c(S(=O)Cc2ccc(C(N)=O)cc2F)c1. The first-order valence-corrected chi connectivity index (χ1v) is 7.53. The van der Waals surface area contributed by atoms with Crippen molar-refractivity contribution in [3.8, 4) is 0 Å². The molecule has 1 unspecified atom stereocenters. The molecule has 0 aliphatic heterocycles. The van der Waals surface area contributed by atoms with Gasteiger partial charge in [-0.2, -0.15) is 0 Å². The molecule has 4 nitrogen and oxygen atoms in total. The molecule has 1 atom stereocenters. The fourth-order valence-electron chi connectivity index (χ4n) is 1.88. The Morgan fingerprint density at radius 2 is 1.95 bits per heavy atom.